The fourth-order valence-electron chi connectivity index (χ4n) is 5.54. The number of pyridine rings is 2. The second-order valence-electron chi connectivity index (χ2n) is 11.6. The number of nitrogens with zero attached hydrogens (tertiary/aromatic N) is 5. The Morgan fingerprint density at radius 3 is 2.67 bits per heavy atom. The van der Waals surface area contributed by atoms with Crippen molar-refractivity contribution >= 4 is 39.3 Å². The van der Waals surface area contributed by atoms with Crippen LogP contribution in [-0.2, 0) is 4.79 Å². The number of aromatic amines is 2. The molecule has 7 rings (SSSR count). The normalized spacial score (nSPS) is 13.4. The highest BCUT2D eigenvalue weighted by molar-refractivity contribution is 5.98. The van der Waals surface area contributed by atoms with Gasteiger partial charge in [-0.15, -0.1) is 0 Å². The summed E-state index contributed by atoms with van der Waals surface area (Å²) in [5, 5.41) is 14.2. The van der Waals surface area contributed by atoms with Crippen LogP contribution >= 0.6 is 0 Å². The SMILES string of the molecule is CN(C)CCNc1cc(F)cc(-c2ccnc3nc(-c4n[nH]c5cc(F)c(-c6cncc(NC(=O)C7CCC7)c6)cc45)[nH]c23)c1. The first kappa shape index (κ1) is 28.5. The number of aromatic nitrogens is 6. The summed E-state index contributed by atoms with van der Waals surface area (Å²) in [6, 6.07) is 11.4. The number of anilines is 2. The van der Waals surface area contributed by atoms with Crippen LogP contribution in [0.25, 0.3) is 55.8 Å². The smallest absolute Gasteiger partial charge is 0.227 e. The maximum absolute atomic E-state index is 15.4. The average Bonchev–Trinajstić information content (AvgIpc) is 3.59. The van der Waals surface area contributed by atoms with E-state index in [1.54, 1.807) is 30.7 Å². The van der Waals surface area contributed by atoms with Gasteiger partial charge in [-0.3, -0.25) is 14.9 Å². The summed E-state index contributed by atoms with van der Waals surface area (Å²) in [7, 11) is 3.96. The van der Waals surface area contributed by atoms with Crippen molar-refractivity contribution in [1.29, 1.82) is 0 Å². The number of benzene rings is 2. The van der Waals surface area contributed by atoms with E-state index in [0.29, 0.717) is 68.2 Å². The van der Waals surface area contributed by atoms with Crippen LogP contribution in [0.5, 0.6) is 0 Å². The summed E-state index contributed by atoms with van der Waals surface area (Å²) in [4.78, 5) is 31.2. The Labute approximate surface area is 257 Å². The number of fused-ring (bicyclic) bond motifs is 2. The first-order valence-electron chi connectivity index (χ1n) is 14.8. The van der Waals surface area contributed by atoms with Gasteiger partial charge in [-0.05, 0) is 68.9 Å². The third kappa shape index (κ3) is 5.72. The zero-order valence-electron chi connectivity index (χ0n) is 24.8. The molecule has 1 aliphatic carbocycles. The molecule has 6 aromatic rings. The summed E-state index contributed by atoms with van der Waals surface area (Å²) in [5.74, 6) is -0.424. The minimum absolute atomic E-state index is 0.0155. The van der Waals surface area contributed by atoms with Gasteiger partial charge in [-0.2, -0.15) is 5.10 Å². The molecule has 12 heteroatoms. The van der Waals surface area contributed by atoms with E-state index in [4.69, 9.17) is 0 Å². The van der Waals surface area contributed by atoms with E-state index in [0.717, 1.165) is 31.4 Å². The molecule has 0 aliphatic heterocycles. The molecule has 10 nitrogen and oxygen atoms in total. The van der Waals surface area contributed by atoms with Gasteiger partial charge in [0.15, 0.2) is 11.5 Å². The molecule has 0 spiro atoms. The summed E-state index contributed by atoms with van der Waals surface area (Å²) in [5.41, 5.74) is 5.42. The highest BCUT2D eigenvalue weighted by Gasteiger charge is 2.25. The lowest BCUT2D eigenvalue weighted by molar-refractivity contribution is -0.122. The fraction of sp³-hybridized carbons (Fsp3) is 0.242. The van der Waals surface area contributed by atoms with Crippen LogP contribution in [-0.4, -0.2) is 68.1 Å². The number of amides is 1. The molecule has 45 heavy (non-hydrogen) atoms. The van der Waals surface area contributed by atoms with E-state index in [2.05, 4.69) is 40.8 Å². The van der Waals surface area contributed by atoms with E-state index in [9.17, 15) is 9.18 Å². The first-order valence-corrected chi connectivity index (χ1v) is 14.8. The molecule has 228 valence electrons. The monoisotopic (exact) mass is 607 g/mol. The maximum atomic E-state index is 15.4. The molecule has 4 N–H and O–H groups in total. The Balaban J connectivity index is 1.23. The number of hydrogen-bond donors (Lipinski definition) is 4. The summed E-state index contributed by atoms with van der Waals surface area (Å²) >= 11 is 0. The molecule has 4 heterocycles. The number of carbonyl (C=O) groups excluding carboxylic acids is 1. The maximum Gasteiger partial charge on any atom is 0.227 e. The Hall–Kier alpha value is -5.23. The van der Waals surface area contributed by atoms with Gasteiger partial charge in [0, 0.05) is 65.2 Å². The second kappa shape index (κ2) is 11.7. The summed E-state index contributed by atoms with van der Waals surface area (Å²) in [6.45, 7) is 1.47. The average molecular weight is 608 g/mol. The third-order valence-corrected chi connectivity index (χ3v) is 8.16. The van der Waals surface area contributed by atoms with Gasteiger partial charge < -0.3 is 20.5 Å². The van der Waals surface area contributed by atoms with Gasteiger partial charge in [-0.25, -0.2) is 18.7 Å². The van der Waals surface area contributed by atoms with Gasteiger partial charge >= 0.3 is 0 Å². The van der Waals surface area contributed by atoms with Crippen LogP contribution in [0.1, 0.15) is 19.3 Å². The summed E-state index contributed by atoms with van der Waals surface area (Å²) in [6.07, 6.45) is 7.56. The summed E-state index contributed by atoms with van der Waals surface area (Å²) < 4.78 is 30.1. The molecule has 1 saturated carbocycles. The molecule has 1 fully saturated rings. The van der Waals surface area contributed by atoms with Crippen LogP contribution in [0.4, 0.5) is 20.2 Å². The van der Waals surface area contributed by atoms with Gasteiger partial charge in [0.25, 0.3) is 0 Å². The van der Waals surface area contributed by atoms with Gasteiger partial charge in [0.2, 0.25) is 5.91 Å². The topological polar surface area (TPSA) is 128 Å². The number of carbonyl (C=O) groups is 1. The van der Waals surface area contributed by atoms with Crippen molar-refractivity contribution in [3.63, 3.8) is 0 Å². The van der Waals surface area contributed by atoms with E-state index >= 15 is 4.39 Å². The van der Waals surface area contributed by atoms with Crippen molar-refractivity contribution in [3.05, 3.63) is 72.7 Å². The number of hydrogen-bond acceptors (Lipinski definition) is 7. The van der Waals surface area contributed by atoms with E-state index in [-0.39, 0.29) is 17.6 Å². The molecule has 0 bridgehead atoms. The number of nitrogens with one attached hydrogen (secondary N) is 4. The number of likely N-dealkylation sites (N-methyl/N-ethyl adjacent to an activating group) is 1. The zero-order valence-corrected chi connectivity index (χ0v) is 24.8. The second-order valence-corrected chi connectivity index (χ2v) is 11.6. The van der Waals surface area contributed by atoms with Crippen LogP contribution in [0, 0.1) is 17.6 Å². The predicted octanol–water partition coefficient (Wildman–Crippen LogP) is 6.22. The van der Waals surface area contributed by atoms with Crippen molar-refractivity contribution < 1.29 is 13.6 Å². The van der Waals surface area contributed by atoms with Crippen LogP contribution in [0.2, 0.25) is 0 Å². The van der Waals surface area contributed by atoms with Crippen LogP contribution < -0.4 is 10.6 Å². The molecule has 1 aliphatic rings. The Morgan fingerprint density at radius 2 is 1.87 bits per heavy atom. The van der Waals surface area contributed by atoms with Crippen molar-refractivity contribution in [2.75, 3.05) is 37.8 Å². The van der Waals surface area contributed by atoms with E-state index < -0.39 is 5.82 Å². The molecule has 0 atom stereocenters. The fourth-order valence-corrected chi connectivity index (χ4v) is 5.54. The Bertz CT molecular complexity index is 2050. The predicted molar refractivity (Wildman–Crippen MR) is 171 cm³/mol. The minimum Gasteiger partial charge on any atom is -0.384 e. The van der Waals surface area contributed by atoms with Gasteiger partial charge in [0.1, 0.15) is 17.3 Å². The zero-order chi connectivity index (χ0) is 31.1. The van der Waals surface area contributed by atoms with Crippen molar-refractivity contribution in [3.8, 4) is 33.8 Å². The highest BCUT2D eigenvalue weighted by Crippen LogP contribution is 2.35. The van der Waals surface area contributed by atoms with Gasteiger partial charge in [0.05, 0.1) is 22.9 Å². The third-order valence-electron chi connectivity index (χ3n) is 8.16. The van der Waals surface area contributed by atoms with E-state index in [1.165, 1.54) is 18.2 Å². The van der Waals surface area contributed by atoms with Crippen LogP contribution in [0.15, 0.2) is 61.1 Å². The first-order chi connectivity index (χ1) is 21.8. The molecular weight excluding hydrogens is 576 g/mol. The Kier molecular flexibility index (Phi) is 7.42. The lowest BCUT2D eigenvalue weighted by Crippen LogP contribution is -2.28. The number of H-pyrrole nitrogens is 2. The lowest BCUT2D eigenvalue weighted by atomic mass is 9.85. The number of imidazole rings is 1. The molecule has 0 unspecified atom stereocenters. The Morgan fingerprint density at radius 1 is 1.02 bits per heavy atom. The van der Waals surface area contributed by atoms with Crippen LogP contribution in [0.3, 0.4) is 0 Å². The molecule has 1 amide bonds. The highest BCUT2D eigenvalue weighted by atomic mass is 19.1. The largest absolute Gasteiger partial charge is 0.384 e. The molecular formula is C33H31F2N9O. The molecule has 0 saturated heterocycles. The number of halogens is 2. The van der Waals surface area contributed by atoms with E-state index in [1.807, 2.05) is 31.1 Å². The van der Waals surface area contributed by atoms with Crippen molar-refractivity contribution in [2.24, 2.45) is 5.92 Å². The molecule has 0 radical (unpaired) electrons. The molecule has 4 aromatic heterocycles. The van der Waals surface area contributed by atoms with Gasteiger partial charge in [-0.1, -0.05) is 6.42 Å². The van der Waals surface area contributed by atoms with Crippen molar-refractivity contribution in [2.45, 2.75) is 19.3 Å². The van der Waals surface area contributed by atoms with Crippen molar-refractivity contribution in [1.82, 2.24) is 35.0 Å². The number of rotatable bonds is 9. The standard InChI is InChI=1S/C33H31F2N9O/c1-44(2)9-8-37-22-11-19(10-21(34)13-22)24-6-7-38-31-29(24)40-32(41-31)30-26-14-25(27(35)15-28(26)42-43-30)20-12-23(17-36-16-20)39-33(45)18-4-3-5-18/h6-7,10-18,37H,3-5,8-9H2,1-2H3,(H,39,45)(H,42,43)(H,38,40,41). The molecule has 2 aromatic carbocycles. The minimum atomic E-state index is -0.461. The quantitative estimate of drug-likeness (QED) is 0.154. The lowest BCUT2D eigenvalue weighted by Gasteiger charge is -2.24.